The maximum absolute atomic E-state index is 9.12. The third kappa shape index (κ3) is 42.7. The largest absolute Gasteiger partial charge is 0.153 e. The number of rotatable bonds is 0. The first-order valence-electron chi connectivity index (χ1n) is 0.309. The second-order valence-corrected chi connectivity index (χ2v) is 0.0583. The normalized spacial score (nSPS) is 3.60. The number of hydrogen-bond donors (Lipinski definition) is 0. The van der Waals surface area contributed by atoms with E-state index in [4.69, 9.17) is 9.05 Å². The van der Waals surface area contributed by atoms with Gasteiger partial charge in [0.2, 0.25) is 0 Å². The van der Waals surface area contributed by atoms with Crippen molar-refractivity contribution in [1.29, 1.82) is 0 Å². The van der Waals surface area contributed by atoms with Gasteiger partial charge in [0.05, 0.1) is 0 Å². The Morgan fingerprint density at radius 2 is 1.20 bits per heavy atom. The molecule has 4 radical (unpaired) electrons. The van der Waals surface area contributed by atoms with Crippen LogP contribution in [0.25, 0.3) is 0 Å². The predicted molar refractivity (Wildman–Crippen MR) is 20.2 cm³/mol. The van der Waals surface area contributed by atoms with Crippen LogP contribution in [0.1, 0.15) is 0 Å². The smallest absolute Gasteiger partial charge is 0.0209 e. The van der Waals surface area contributed by atoms with Crippen LogP contribution in [0.15, 0.2) is 0 Å². The Kier molecular flexibility index (Phi) is 65.4. The summed E-state index contributed by atoms with van der Waals surface area (Å²) in [5.41, 5.74) is 0. The molecule has 0 aliphatic carbocycles. The molecule has 5 heteroatoms. The summed E-state index contributed by atoms with van der Waals surface area (Å²) in [6, 6.07) is 0. The van der Waals surface area contributed by atoms with Gasteiger partial charge in [0.15, 0.2) is 0 Å². The van der Waals surface area contributed by atoms with Gasteiger partial charge in [-0.2, -0.15) is 9.90 Å². The van der Waals surface area contributed by atoms with Crippen LogP contribution in [0.5, 0.6) is 0 Å². The van der Waals surface area contributed by atoms with E-state index in [1.165, 1.54) is 5.15 Å². The van der Waals surface area contributed by atoms with Crippen LogP contribution in [-0.4, -0.2) is 23.9 Å². The van der Waals surface area contributed by atoms with Crippen molar-refractivity contribution < 1.29 is 14.2 Å². The fourth-order valence-corrected chi connectivity index (χ4v) is 0. The van der Waals surface area contributed by atoms with E-state index in [1.807, 2.05) is 0 Å². The van der Waals surface area contributed by atoms with Gasteiger partial charge in [-0.3, -0.25) is 0 Å². The molecule has 0 bridgehead atoms. The molecule has 1 nitrogen and oxygen atoms in total. The average Bonchev–Trinajstić information content (AvgIpc) is 0.918. The molecule has 1 atom stereocenters. The van der Waals surface area contributed by atoms with Gasteiger partial charge in [-0.05, 0) is 9.05 Å². The van der Waals surface area contributed by atoms with Gasteiger partial charge < -0.3 is 0 Å². The summed E-state index contributed by atoms with van der Waals surface area (Å²) in [5.74, 6) is 0. The second-order valence-electron chi connectivity index (χ2n) is 0.0583. The van der Waals surface area contributed by atoms with E-state index >= 15 is 0 Å². The quantitative estimate of drug-likeness (QED) is 0.413. The second kappa shape index (κ2) is 19.7. The molecule has 0 aromatic rings. The minimum Gasteiger partial charge on any atom is -0.153 e. The Bertz CT molecular complexity index is 9.61. The monoisotopic (exact) mass is 208 g/mol. The number of halogens is 2. The maximum Gasteiger partial charge on any atom is 0.0209 e. The van der Waals surface area contributed by atoms with Crippen LogP contribution in [0.2, 0.25) is 0 Å². The minimum atomic E-state index is 0. The summed E-state index contributed by atoms with van der Waals surface area (Å²) < 4.78 is 18.2. The third-order valence-corrected chi connectivity index (χ3v) is 0. The molecule has 0 aromatic heterocycles. The van der Waals surface area contributed by atoms with Gasteiger partial charge >= 0.3 is 0 Å². The van der Waals surface area contributed by atoms with Crippen LogP contribution < -0.4 is 0 Å². The van der Waals surface area contributed by atoms with E-state index in [1.54, 1.807) is 0 Å². The molecule has 0 saturated carbocycles. The first-order valence-corrected chi connectivity index (χ1v) is 0.309. The zero-order chi connectivity index (χ0) is 2.71. The molecular formula is H3F2OPSn. The molecule has 0 aromatic carbocycles. The fraction of sp³-hybridized carbons (Fsp3) is 0. The molecule has 0 rings (SSSR count). The first kappa shape index (κ1) is 16.6. The fourth-order valence-electron chi connectivity index (χ4n) is 0. The van der Waals surface area contributed by atoms with Crippen molar-refractivity contribution >= 4 is 33.8 Å². The Balaban J connectivity index is -0.0000000200. The molecule has 0 saturated heterocycles. The molecule has 1 unspecified atom stereocenters. The molecule has 0 heterocycles. The van der Waals surface area contributed by atoms with E-state index in [-0.39, 0.29) is 33.8 Å². The molecule has 32 valence electrons. The molecule has 0 N–H and O–H groups in total. The van der Waals surface area contributed by atoms with Crippen molar-refractivity contribution in [3.05, 3.63) is 0 Å². The van der Waals surface area contributed by atoms with Gasteiger partial charge in [-0.15, -0.1) is 0 Å². The van der Waals surface area contributed by atoms with Crippen molar-refractivity contribution in [2.75, 3.05) is 0 Å². The van der Waals surface area contributed by atoms with Crippen molar-refractivity contribution in [2.45, 2.75) is 0 Å². The molecule has 0 aliphatic rings. The molecule has 0 spiro atoms. The van der Waals surface area contributed by atoms with Gasteiger partial charge in [-0.1, -0.05) is 0 Å². The van der Waals surface area contributed by atoms with Gasteiger partial charge in [0.25, 0.3) is 0 Å². The van der Waals surface area contributed by atoms with Crippen molar-refractivity contribution in [1.82, 2.24) is 0 Å². The summed E-state index contributed by atoms with van der Waals surface area (Å²) >= 11 is 0. The van der Waals surface area contributed by atoms with Crippen LogP contribution >= 0.6 is 9.90 Å². The Morgan fingerprint density at radius 1 is 1.20 bits per heavy atom. The van der Waals surface area contributed by atoms with Crippen LogP contribution in [0, 0.1) is 0 Å². The Morgan fingerprint density at radius 3 is 1.20 bits per heavy atom. The van der Waals surface area contributed by atoms with Crippen LogP contribution in [-0.2, 0) is 5.15 Å². The molecule has 0 aliphatic heterocycles. The predicted octanol–water partition coefficient (Wildman–Crippen LogP) is 0.449. The summed E-state index contributed by atoms with van der Waals surface area (Å²) in [6.07, 6.45) is 0. The topological polar surface area (TPSA) is 9.23 Å². The summed E-state index contributed by atoms with van der Waals surface area (Å²) in [6.45, 7) is 0. The summed E-state index contributed by atoms with van der Waals surface area (Å²) in [5, 5.41) is 1.25. The minimum absolute atomic E-state index is 0. The van der Waals surface area contributed by atoms with E-state index in [2.05, 4.69) is 0 Å². The van der Waals surface area contributed by atoms with E-state index in [9.17, 15) is 0 Å². The van der Waals surface area contributed by atoms with Gasteiger partial charge in [0, 0.05) is 29.1 Å². The summed E-state index contributed by atoms with van der Waals surface area (Å²) in [4.78, 5) is 0. The zero-order valence-electron chi connectivity index (χ0n) is 2.37. The van der Waals surface area contributed by atoms with Crippen LogP contribution in [0.3, 0.4) is 0 Å². The van der Waals surface area contributed by atoms with Gasteiger partial charge in [0.1, 0.15) is 0 Å². The molecule has 0 amide bonds. The Labute approximate surface area is 48.4 Å². The van der Waals surface area contributed by atoms with Gasteiger partial charge in [-0.25, -0.2) is 0 Å². The van der Waals surface area contributed by atoms with Crippen molar-refractivity contribution in [2.24, 2.45) is 0 Å². The SMILES string of the molecule is FOF.P.[Sn]. The number of hydrogen-bond acceptors (Lipinski definition) is 1. The Hall–Kier alpha value is 1.05. The van der Waals surface area contributed by atoms with E-state index in [0.29, 0.717) is 0 Å². The van der Waals surface area contributed by atoms with Crippen LogP contribution in [0.4, 0.5) is 9.05 Å². The van der Waals surface area contributed by atoms with Crippen molar-refractivity contribution in [3.8, 4) is 0 Å². The van der Waals surface area contributed by atoms with E-state index < -0.39 is 0 Å². The standard InChI is InChI=1S/F2O.H3P.Sn/c1-3-2;;/h;1H3;. The molecular weight excluding hydrogens is 204 g/mol. The molecule has 0 fully saturated rings. The zero-order valence-corrected chi connectivity index (χ0v) is 6.64. The van der Waals surface area contributed by atoms with E-state index in [0.717, 1.165) is 0 Å². The first-order chi connectivity index (χ1) is 1.41. The summed E-state index contributed by atoms with van der Waals surface area (Å²) in [7, 11) is 0. The average molecular weight is 207 g/mol. The third-order valence-electron chi connectivity index (χ3n) is 0. The molecule has 5 heavy (non-hydrogen) atoms. The maximum atomic E-state index is 9.12. The van der Waals surface area contributed by atoms with Crippen molar-refractivity contribution in [3.63, 3.8) is 0 Å².